The summed E-state index contributed by atoms with van der Waals surface area (Å²) in [6.07, 6.45) is 2.60. The lowest BCUT2D eigenvalue weighted by molar-refractivity contribution is -0.131. The van der Waals surface area contributed by atoms with Gasteiger partial charge in [0.1, 0.15) is 0 Å². The van der Waals surface area contributed by atoms with Gasteiger partial charge in [0.25, 0.3) is 11.6 Å². The van der Waals surface area contributed by atoms with E-state index < -0.39 is 5.97 Å². The maximum absolute atomic E-state index is 12.0. The molecule has 0 unspecified atom stereocenters. The van der Waals surface area contributed by atoms with Gasteiger partial charge in [-0.15, -0.1) is 11.3 Å². The zero-order valence-electron chi connectivity index (χ0n) is 11.6. The molecule has 2 heterocycles. The lowest BCUT2D eigenvalue weighted by Gasteiger charge is -2.09. The Morgan fingerprint density at radius 2 is 2.29 bits per heavy atom. The van der Waals surface area contributed by atoms with Crippen molar-refractivity contribution < 1.29 is 14.6 Å². The number of hydrogen-bond acceptors (Lipinski definition) is 5. The second-order valence-corrected chi connectivity index (χ2v) is 5.48. The van der Waals surface area contributed by atoms with Gasteiger partial charge in [-0.05, 0) is 25.1 Å². The molecule has 0 aromatic carbocycles. The maximum Gasteiger partial charge on any atom is 0.328 e. The molecule has 2 aromatic heterocycles. The topological polar surface area (TPSA) is 81.4 Å². The smallest absolute Gasteiger partial charge is 0.328 e. The van der Waals surface area contributed by atoms with E-state index in [-0.39, 0.29) is 11.6 Å². The molecular weight excluding hydrogens is 292 g/mol. The highest BCUT2D eigenvalue weighted by atomic mass is 32.1. The number of aryl methyl sites for hydroxylation is 1. The number of nitrogens with zero attached hydrogens (tertiary/aromatic N) is 2. The molecule has 2 rings (SSSR count). The zero-order valence-corrected chi connectivity index (χ0v) is 12.4. The summed E-state index contributed by atoms with van der Waals surface area (Å²) in [5.74, 6) is -0.995. The molecule has 0 aliphatic carbocycles. The summed E-state index contributed by atoms with van der Waals surface area (Å²) in [7, 11) is 1.47. The molecule has 0 saturated carbocycles. The fourth-order valence-corrected chi connectivity index (χ4v) is 2.68. The number of carboxylic acid groups (broad SMARTS) is 1. The lowest BCUT2D eigenvalue weighted by Crippen LogP contribution is -2.22. The first-order chi connectivity index (χ1) is 9.99. The van der Waals surface area contributed by atoms with Crippen molar-refractivity contribution in [2.75, 3.05) is 7.11 Å². The van der Waals surface area contributed by atoms with Crippen molar-refractivity contribution in [1.29, 1.82) is 0 Å². The van der Waals surface area contributed by atoms with Crippen LogP contribution >= 0.6 is 11.3 Å². The van der Waals surface area contributed by atoms with Crippen molar-refractivity contribution in [3.63, 3.8) is 0 Å². The van der Waals surface area contributed by atoms with Crippen molar-refractivity contribution in [1.82, 2.24) is 9.55 Å². The van der Waals surface area contributed by atoms with Crippen LogP contribution in [0.4, 0.5) is 0 Å². The Balaban J connectivity index is 2.27. The van der Waals surface area contributed by atoms with Crippen LogP contribution < -0.4 is 10.3 Å². The predicted octanol–water partition coefficient (Wildman–Crippen LogP) is 1.77. The Kier molecular flexibility index (Phi) is 4.54. The largest absolute Gasteiger partial charge is 0.478 e. The van der Waals surface area contributed by atoms with Gasteiger partial charge in [0.2, 0.25) is 0 Å². The summed E-state index contributed by atoms with van der Waals surface area (Å²) in [5.41, 5.74) is 0.416. The Morgan fingerprint density at radius 1 is 1.52 bits per heavy atom. The summed E-state index contributed by atoms with van der Waals surface area (Å²) < 4.78 is 6.56. The quantitative estimate of drug-likeness (QED) is 0.851. The minimum atomic E-state index is -0.995. The summed E-state index contributed by atoms with van der Waals surface area (Å²) in [6.45, 7) is 2.06. The Bertz CT molecular complexity index is 746. The molecule has 6 nitrogen and oxygen atoms in total. The third-order valence-corrected chi connectivity index (χ3v) is 3.71. The first-order valence-electron chi connectivity index (χ1n) is 6.12. The highest BCUT2D eigenvalue weighted by Crippen LogP contribution is 2.20. The molecule has 110 valence electrons. The molecular formula is C14H14N2O4S. The van der Waals surface area contributed by atoms with E-state index in [1.54, 1.807) is 13.0 Å². The van der Waals surface area contributed by atoms with Gasteiger partial charge in [0.05, 0.1) is 13.7 Å². The molecule has 0 saturated heterocycles. The van der Waals surface area contributed by atoms with Crippen molar-refractivity contribution in [2.45, 2.75) is 13.5 Å². The molecule has 0 aliphatic rings. The fraction of sp³-hybridized carbons (Fsp3) is 0.214. The van der Waals surface area contributed by atoms with Gasteiger partial charge in [-0.3, -0.25) is 9.36 Å². The van der Waals surface area contributed by atoms with E-state index in [1.165, 1.54) is 35.2 Å². The third kappa shape index (κ3) is 3.79. The summed E-state index contributed by atoms with van der Waals surface area (Å²) in [4.78, 5) is 28.4. The second-order valence-electron chi connectivity index (χ2n) is 4.28. The molecule has 21 heavy (non-hydrogen) atoms. The van der Waals surface area contributed by atoms with Gasteiger partial charge in [-0.2, -0.15) is 0 Å². The third-order valence-electron chi connectivity index (χ3n) is 2.67. The lowest BCUT2D eigenvalue weighted by atomic mass is 10.4. The minimum Gasteiger partial charge on any atom is -0.478 e. The van der Waals surface area contributed by atoms with Crippen molar-refractivity contribution in [3.05, 3.63) is 50.1 Å². The average molecular weight is 306 g/mol. The Labute approximate surface area is 125 Å². The van der Waals surface area contributed by atoms with E-state index in [4.69, 9.17) is 9.84 Å². The van der Waals surface area contributed by atoms with E-state index in [1.807, 2.05) is 6.07 Å². The van der Waals surface area contributed by atoms with Gasteiger partial charge in [-0.1, -0.05) is 0 Å². The van der Waals surface area contributed by atoms with Crippen LogP contribution in [0.5, 0.6) is 6.01 Å². The highest BCUT2D eigenvalue weighted by Gasteiger charge is 2.09. The first kappa shape index (κ1) is 15.0. The van der Waals surface area contributed by atoms with Gasteiger partial charge < -0.3 is 9.84 Å². The van der Waals surface area contributed by atoms with Crippen LogP contribution in [0.3, 0.4) is 0 Å². The number of thiophene rings is 1. The van der Waals surface area contributed by atoms with Crippen molar-refractivity contribution >= 4 is 23.4 Å². The second kappa shape index (κ2) is 6.36. The van der Waals surface area contributed by atoms with E-state index in [9.17, 15) is 9.59 Å². The van der Waals surface area contributed by atoms with Gasteiger partial charge in [-0.25, -0.2) is 9.78 Å². The average Bonchev–Trinajstić information content (AvgIpc) is 2.87. The van der Waals surface area contributed by atoms with Crippen molar-refractivity contribution in [2.24, 2.45) is 0 Å². The van der Waals surface area contributed by atoms with Crippen LogP contribution in [0, 0.1) is 6.92 Å². The number of methoxy groups -OCH3 is 1. The highest BCUT2D eigenvalue weighted by molar-refractivity contribution is 7.12. The van der Waals surface area contributed by atoms with Crippen LogP contribution in [0.1, 0.15) is 15.4 Å². The molecule has 1 N–H and O–H groups in total. The van der Waals surface area contributed by atoms with Crippen LogP contribution in [0.15, 0.2) is 29.1 Å². The summed E-state index contributed by atoms with van der Waals surface area (Å²) in [6, 6.07) is 5.36. The predicted molar refractivity (Wildman–Crippen MR) is 79.9 cm³/mol. The van der Waals surface area contributed by atoms with Gasteiger partial charge in [0, 0.05) is 27.6 Å². The van der Waals surface area contributed by atoms with Crippen LogP contribution in [-0.2, 0) is 11.3 Å². The summed E-state index contributed by atoms with van der Waals surface area (Å²) in [5, 5.41) is 8.60. The van der Waals surface area contributed by atoms with E-state index in [2.05, 4.69) is 4.98 Å². The van der Waals surface area contributed by atoms with Crippen LogP contribution in [-0.4, -0.2) is 27.7 Å². The maximum atomic E-state index is 12.0. The monoisotopic (exact) mass is 306 g/mol. The minimum absolute atomic E-state index is 0.185. The van der Waals surface area contributed by atoms with E-state index in [0.717, 1.165) is 15.8 Å². The molecule has 0 atom stereocenters. The normalized spacial score (nSPS) is 11.0. The molecule has 0 amide bonds. The molecule has 0 radical (unpaired) electrons. The number of hydrogen-bond donors (Lipinski definition) is 1. The number of aromatic nitrogens is 2. The number of rotatable bonds is 5. The molecule has 0 aliphatic heterocycles. The molecule has 0 fully saturated rings. The molecule has 0 spiro atoms. The zero-order chi connectivity index (χ0) is 15.4. The van der Waals surface area contributed by atoms with Gasteiger partial charge in [0.15, 0.2) is 0 Å². The van der Waals surface area contributed by atoms with Crippen LogP contribution in [0.25, 0.3) is 6.08 Å². The van der Waals surface area contributed by atoms with E-state index in [0.29, 0.717) is 12.2 Å². The van der Waals surface area contributed by atoms with E-state index >= 15 is 0 Å². The standard InChI is InChI=1S/C14H14N2O4S/c1-9-7-12(17)16(14(15-9)20-2)8-11-4-3-10(21-11)5-6-13(18)19/h3-7H,8H2,1-2H3,(H,18,19). The number of carbonyl (C=O) groups is 1. The Hall–Kier alpha value is -2.41. The van der Waals surface area contributed by atoms with Crippen LogP contribution in [0.2, 0.25) is 0 Å². The van der Waals surface area contributed by atoms with Crippen molar-refractivity contribution in [3.8, 4) is 6.01 Å². The molecule has 0 bridgehead atoms. The number of ether oxygens (including phenoxy) is 1. The number of carboxylic acids is 1. The fourth-order valence-electron chi connectivity index (χ4n) is 1.77. The summed E-state index contributed by atoms with van der Waals surface area (Å²) >= 11 is 1.41. The molecule has 7 heteroatoms. The van der Waals surface area contributed by atoms with Gasteiger partial charge >= 0.3 is 5.97 Å². The molecule has 2 aromatic rings. The number of aliphatic carboxylic acids is 1. The first-order valence-corrected chi connectivity index (χ1v) is 6.93. The Morgan fingerprint density at radius 3 is 2.95 bits per heavy atom. The SMILES string of the molecule is COc1nc(C)cc(=O)n1Cc1ccc(C=CC(=O)O)s1.